The van der Waals surface area contributed by atoms with Crippen LogP contribution in [0.5, 0.6) is 23.0 Å². The molecule has 20 heteroatoms. The van der Waals surface area contributed by atoms with Crippen molar-refractivity contribution in [2.24, 2.45) is 0 Å². The lowest BCUT2D eigenvalue weighted by molar-refractivity contribution is -0.364. The van der Waals surface area contributed by atoms with E-state index in [0.717, 1.165) is 12.1 Å². The highest BCUT2D eigenvalue weighted by Crippen LogP contribution is 2.33. The van der Waals surface area contributed by atoms with Crippen molar-refractivity contribution in [3.8, 4) is 23.0 Å². The molecule has 0 saturated carbocycles. The maximum Gasteiger partial charge on any atom is 0.331 e. The van der Waals surface area contributed by atoms with E-state index < -0.39 is 123 Å². The number of esters is 1. The molecule has 2 aromatic rings. The molecule has 15 atom stereocenters. The Morgan fingerprint density at radius 2 is 1.29 bits per heavy atom. The summed E-state index contributed by atoms with van der Waals surface area (Å²) in [6.45, 7) is -0.254. The Bertz CT molecular complexity index is 1610. The van der Waals surface area contributed by atoms with E-state index in [2.05, 4.69) is 0 Å². The van der Waals surface area contributed by atoms with Gasteiger partial charge in [-0.25, -0.2) is 4.79 Å². The number of phenols is 4. The van der Waals surface area contributed by atoms with Crippen molar-refractivity contribution in [2.45, 2.75) is 105 Å². The lowest BCUT2D eigenvalue weighted by Crippen LogP contribution is -2.65. The van der Waals surface area contributed by atoms with Gasteiger partial charge in [0.15, 0.2) is 48.0 Å². The molecule has 12 N–H and O–H groups in total. The molecule has 0 aliphatic carbocycles. The fourth-order valence-electron chi connectivity index (χ4n) is 6.14. The zero-order valence-corrected chi connectivity index (χ0v) is 29.2. The lowest BCUT2D eigenvalue weighted by Gasteiger charge is -2.47. The molecule has 0 unspecified atom stereocenters. The minimum absolute atomic E-state index is 0.111. The Hall–Kier alpha value is -3.71. The highest BCUT2D eigenvalue weighted by Gasteiger charge is 2.53. The molecule has 3 aliphatic heterocycles. The molecule has 0 aromatic heterocycles. The van der Waals surface area contributed by atoms with Crippen LogP contribution in [-0.4, -0.2) is 179 Å². The zero-order valence-electron chi connectivity index (χ0n) is 29.2. The zero-order chi connectivity index (χ0) is 40.1. The van der Waals surface area contributed by atoms with Gasteiger partial charge in [-0.15, -0.1) is 0 Å². The van der Waals surface area contributed by atoms with E-state index >= 15 is 0 Å². The topological polar surface area (TPSA) is 324 Å². The average Bonchev–Trinajstić information content (AvgIpc) is 3.16. The summed E-state index contributed by atoms with van der Waals surface area (Å²) in [6, 6.07) is 7.75. The molecule has 3 saturated heterocycles. The monoisotopic (exact) mass is 786 g/mol. The molecule has 2 aromatic carbocycles. The number of carbonyl (C=O) groups excluding carboxylic acids is 1. The first-order valence-electron chi connectivity index (χ1n) is 17.2. The quantitative estimate of drug-likeness (QED) is 0.0541. The molecule has 0 radical (unpaired) electrons. The van der Waals surface area contributed by atoms with Crippen molar-refractivity contribution in [3.63, 3.8) is 0 Å². The van der Waals surface area contributed by atoms with E-state index in [9.17, 15) is 66.1 Å². The van der Waals surface area contributed by atoms with Crippen LogP contribution in [0.25, 0.3) is 6.08 Å². The largest absolute Gasteiger partial charge is 0.504 e. The van der Waals surface area contributed by atoms with E-state index in [-0.39, 0.29) is 30.1 Å². The van der Waals surface area contributed by atoms with Crippen LogP contribution in [0, 0.1) is 0 Å². The van der Waals surface area contributed by atoms with Crippen molar-refractivity contribution < 1.29 is 99.2 Å². The minimum atomic E-state index is -1.88. The third kappa shape index (κ3) is 10.0. The molecule has 20 nitrogen and oxygen atoms in total. The van der Waals surface area contributed by atoms with Crippen LogP contribution in [0.3, 0.4) is 0 Å². The van der Waals surface area contributed by atoms with E-state index in [1.165, 1.54) is 43.3 Å². The molecule has 55 heavy (non-hydrogen) atoms. The first-order valence-corrected chi connectivity index (χ1v) is 17.2. The second-order valence-electron chi connectivity index (χ2n) is 13.3. The Morgan fingerprint density at radius 3 is 1.96 bits per heavy atom. The van der Waals surface area contributed by atoms with Gasteiger partial charge in [0.2, 0.25) is 0 Å². The summed E-state index contributed by atoms with van der Waals surface area (Å²) in [4.78, 5) is 13.3. The summed E-state index contributed by atoms with van der Waals surface area (Å²) >= 11 is 0. The number of hydrogen-bond donors (Lipinski definition) is 12. The van der Waals surface area contributed by atoms with E-state index in [1.807, 2.05) is 0 Å². The van der Waals surface area contributed by atoms with Crippen LogP contribution in [0.1, 0.15) is 18.1 Å². The number of aliphatic hydroxyl groups excluding tert-OH is 8. The molecular weight excluding hydrogens is 740 g/mol. The first-order chi connectivity index (χ1) is 26.1. The number of aliphatic hydroxyl groups is 8. The summed E-state index contributed by atoms with van der Waals surface area (Å²) in [5.74, 6) is -2.71. The number of carbonyl (C=O) groups is 1. The number of ether oxygens (including phenoxy) is 7. The molecule has 3 heterocycles. The fourth-order valence-corrected chi connectivity index (χ4v) is 6.14. The molecule has 3 aliphatic rings. The van der Waals surface area contributed by atoms with Crippen LogP contribution in [0.4, 0.5) is 0 Å². The van der Waals surface area contributed by atoms with Crippen LogP contribution < -0.4 is 0 Å². The smallest absolute Gasteiger partial charge is 0.331 e. The molecule has 3 fully saturated rings. The highest BCUT2D eigenvalue weighted by molar-refractivity contribution is 5.87. The molecule has 0 amide bonds. The molecule has 5 rings (SSSR count). The van der Waals surface area contributed by atoms with Crippen molar-refractivity contribution in [1.29, 1.82) is 0 Å². The van der Waals surface area contributed by atoms with Gasteiger partial charge < -0.3 is 94.4 Å². The van der Waals surface area contributed by atoms with Gasteiger partial charge in [0, 0.05) is 6.08 Å². The van der Waals surface area contributed by atoms with Crippen LogP contribution >= 0.6 is 0 Å². The summed E-state index contributed by atoms with van der Waals surface area (Å²) in [7, 11) is 0. The minimum Gasteiger partial charge on any atom is -0.504 e. The van der Waals surface area contributed by atoms with Crippen LogP contribution in [-0.2, 0) is 44.4 Å². The second-order valence-corrected chi connectivity index (χ2v) is 13.3. The maximum absolute atomic E-state index is 13.3. The predicted octanol–water partition coefficient (Wildman–Crippen LogP) is -3.19. The predicted molar refractivity (Wildman–Crippen MR) is 180 cm³/mol. The van der Waals surface area contributed by atoms with Gasteiger partial charge in [-0.1, -0.05) is 12.1 Å². The van der Waals surface area contributed by atoms with Gasteiger partial charge in [-0.05, 0) is 54.8 Å². The number of hydrogen-bond acceptors (Lipinski definition) is 20. The average molecular weight is 787 g/mol. The molecule has 306 valence electrons. The standard InChI is InChI=1S/C35H46O20/c1-14-24(42)26(44)29(47)35(51-14)55-32-30(48)34(49-9-8-16-3-6-18(38)20(40)11-16)53-22(13-50-33-28(46)27(45)25(43)21(12-36)52-33)31(32)54-23(41)7-4-15-2-5-17(37)19(39)10-15/h2-7,10-11,14,21-22,24-40,42-48H,8-9,12-13H2,1H3/b7-4+/t14-,21-,22-,24-,25-,26+,27+,28-,29+,30-,31-,32-,33-,34-,35-/m1/s1. The van der Waals surface area contributed by atoms with E-state index in [0.29, 0.717) is 5.56 Å². The second kappa shape index (κ2) is 18.5. The maximum atomic E-state index is 13.3. The number of rotatable bonds is 13. The van der Waals surface area contributed by atoms with Crippen molar-refractivity contribution >= 4 is 12.0 Å². The van der Waals surface area contributed by atoms with Gasteiger partial charge in [0.25, 0.3) is 0 Å². The van der Waals surface area contributed by atoms with Gasteiger partial charge in [-0.3, -0.25) is 0 Å². The Balaban J connectivity index is 1.43. The SMILES string of the molecule is C[C@H]1O[C@H](O[C@@H]2[C@@H](O)[C@H](OCCc3ccc(O)c(O)c3)O[C@H](CO[C@@H]3O[C@H](CO)[C@@H](O)[C@H](O)[C@H]3O)[C@H]2OC(=O)/C=C/c2ccc(O)c(O)c2)[C@@H](O)[C@@H](O)[C@@H]1O. The highest BCUT2D eigenvalue weighted by atomic mass is 16.8. The summed E-state index contributed by atoms with van der Waals surface area (Å²) in [5, 5.41) is 123. The molecular formula is C35H46O20. The lowest BCUT2D eigenvalue weighted by atomic mass is 9.96. The van der Waals surface area contributed by atoms with Crippen molar-refractivity contribution in [2.75, 3.05) is 19.8 Å². The van der Waals surface area contributed by atoms with Gasteiger partial charge in [0.05, 0.1) is 25.9 Å². The van der Waals surface area contributed by atoms with Gasteiger partial charge in [-0.2, -0.15) is 0 Å². The van der Waals surface area contributed by atoms with Crippen molar-refractivity contribution in [3.05, 3.63) is 53.6 Å². The van der Waals surface area contributed by atoms with Crippen molar-refractivity contribution in [1.82, 2.24) is 0 Å². The Kier molecular flexibility index (Phi) is 14.3. The Morgan fingerprint density at radius 1 is 0.673 bits per heavy atom. The Labute approximate surface area is 313 Å². The number of phenolic OH excluding ortho intramolecular Hbond substituents is 4. The summed E-state index contributed by atoms with van der Waals surface area (Å²) < 4.78 is 40.2. The van der Waals surface area contributed by atoms with Gasteiger partial charge in [0.1, 0.15) is 61.0 Å². The molecule has 0 bridgehead atoms. The number of benzene rings is 2. The number of aromatic hydroxyl groups is 4. The first kappa shape index (κ1) is 42.4. The summed E-state index contributed by atoms with van der Waals surface area (Å²) in [6.07, 6.45) is -22.6. The van der Waals surface area contributed by atoms with E-state index in [1.54, 1.807) is 0 Å². The normalized spacial score (nSPS) is 36.9. The van der Waals surface area contributed by atoms with Gasteiger partial charge >= 0.3 is 5.97 Å². The summed E-state index contributed by atoms with van der Waals surface area (Å²) in [5.41, 5.74) is 0.773. The van der Waals surface area contributed by atoms with E-state index in [4.69, 9.17) is 33.2 Å². The molecule has 0 spiro atoms. The third-order valence-electron chi connectivity index (χ3n) is 9.36. The third-order valence-corrected chi connectivity index (χ3v) is 9.36. The van der Waals surface area contributed by atoms with Crippen LogP contribution in [0.15, 0.2) is 42.5 Å². The fraction of sp³-hybridized carbons (Fsp3) is 0.571. The van der Waals surface area contributed by atoms with Crippen LogP contribution in [0.2, 0.25) is 0 Å².